The molecule has 4 heterocycles. The van der Waals surface area contributed by atoms with Crippen molar-refractivity contribution < 1.29 is 9.53 Å². The van der Waals surface area contributed by atoms with E-state index in [4.69, 9.17) is 4.74 Å². The number of anilines is 1. The summed E-state index contributed by atoms with van der Waals surface area (Å²) >= 11 is 0. The Morgan fingerprint density at radius 3 is 2.39 bits per heavy atom. The molecule has 0 N–H and O–H groups in total. The monoisotopic (exact) mass is 447 g/mol. The van der Waals surface area contributed by atoms with Gasteiger partial charge in [-0.2, -0.15) is 0 Å². The smallest absolute Gasteiger partial charge is 0.255 e. The van der Waals surface area contributed by atoms with Crippen LogP contribution < -0.4 is 9.64 Å². The van der Waals surface area contributed by atoms with Crippen LogP contribution >= 0.6 is 0 Å². The minimum atomic E-state index is 0.00228. The van der Waals surface area contributed by atoms with E-state index >= 15 is 0 Å². The maximum atomic E-state index is 13.0. The molecule has 5 rings (SSSR count). The first kappa shape index (κ1) is 21.4. The van der Waals surface area contributed by atoms with Crippen molar-refractivity contribution in [2.45, 2.75) is 45.6 Å². The van der Waals surface area contributed by atoms with Gasteiger partial charge in [0.1, 0.15) is 30.4 Å². The van der Waals surface area contributed by atoms with Gasteiger partial charge in [0.2, 0.25) is 5.88 Å². The Labute approximate surface area is 193 Å². The topological polar surface area (TPSA) is 89.3 Å². The van der Waals surface area contributed by atoms with E-state index in [2.05, 4.69) is 24.8 Å². The second kappa shape index (κ2) is 9.17. The second-order valence-corrected chi connectivity index (χ2v) is 8.71. The number of ether oxygens (including phenoxy) is 1. The minimum Gasteiger partial charge on any atom is -0.474 e. The summed E-state index contributed by atoms with van der Waals surface area (Å²) in [6.07, 6.45) is 9.85. The molecule has 172 valence electrons. The third-order valence-corrected chi connectivity index (χ3v) is 6.60. The van der Waals surface area contributed by atoms with E-state index in [1.807, 2.05) is 41.5 Å². The second-order valence-electron chi connectivity index (χ2n) is 8.71. The number of imidazole rings is 1. The van der Waals surface area contributed by atoms with Crippen LogP contribution in [0.5, 0.6) is 5.88 Å². The van der Waals surface area contributed by atoms with Gasteiger partial charge in [-0.25, -0.2) is 19.9 Å². The zero-order valence-electron chi connectivity index (χ0n) is 19.1. The van der Waals surface area contributed by atoms with Crippen molar-refractivity contribution in [2.24, 2.45) is 0 Å². The van der Waals surface area contributed by atoms with E-state index < -0.39 is 0 Å². The van der Waals surface area contributed by atoms with Gasteiger partial charge in [0.25, 0.3) is 5.91 Å². The van der Waals surface area contributed by atoms with Crippen LogP contribution in [0.1, 0.15) is 47.4 Å². The standard InChI is InChI=1S/C24H29N7O2/c1-17-18(2)31(16-28-17)22-13-21(26-15-27-22)29-9-11-30(12-10-29)24(32)19-7-8-23(25-14-19)33-20-5-3-4-6-20/h7-8,13-16,20H,3-6,9-12H2,1-2H3. The minimum absolute atomic E-state index is 0.00228. The summed E-state index contributed by atoms with van der Waals surface area (Å²) in [7, 11) is 0. The van der Waals surface area contributed by atoms with Crippen LogP contribution in [0.2, 0.25) is 0 Å². The fraction of sp³-hybridized carbons (Fsp3) is 0.458. The number of amides is 1. The predicted molar refractivity (Wildman–Crippen MR) is 124 cm³/mol. The third kappa shape index (κ3) is 4.53. The maximum Gasteiger partial charge on any atom is 0.255 e. The molecule has 33 heavy (non-hydrogen) atoms. The fourth-order valence-electron chi connectivity index (χ4n) is 4.45. The Bertz CT molecular complexity index is 1110. The van der Waals surface area contributed by atoms with Crippen molar-refractivity contribution in [1.29, 1.82) is 0 Å². The van der Waals surface area contributed by atoms with Crippen molar-refractivity contribution >= 4 is 11.7 Å². The molecule has 0 aromatic carbocycles. The summed E-state index contributed by atoms with van der Waals surface area (Å²) < 4.78 is 7.87. The molecule has 1 aliphatic heterocycles. The van der Waals surface area contributed by atoms with Gasteiger partial charge in [0, 0.05) is 50.2 Å². The van der Waals surface area contributed by atoms with Crippen LogP contribution in [-0.2, 0) is 0 Å². The van der Waals surface area contributed by atoms with Crippen LogP contribution in [0.4, 0.5) is 5.82 Å². The molecule has 0 radical (unpaired) electrons. The molecule has 9 heteroatoms. The first-order chi connectivity index (χ1) is 16.1. The highest BCUT2D eigenvalue weighted by molar-refractivity contribution is 5.94. The van der Waals surface area contributed by atoms with Gasteiger partial charge >= 0.3 is 0 Å². The maximum absolute atomic E-state index is 13.0. The summed E-state index contributed by atoms with van der Waals surface area (Å²) in [5.74, 6) is 2.25. The van der Waals surface area contributed by atoms with Crippen molar-refractivity contribution in [3.8, 4) is 11.7 Å². The van der Waals surface area contributed by atoms with Gasteiger partial charge in [-0.15, -0.1) is 0 Å². The van der Waals surface area contributed by atoms with Gasteiger partial charge < -0.3 is 14.5 Å². The lowest BCUT2D eigenvalue weighted by Crippen LogP contribution is -2.49. The Balaban J connectivity index is 1.20. The first-order valence-electron chi connectivity index (χ1n) is 11.6. The fourth-order valence-corrected chi connectivity index (χ4v) is 4.45. The van der Waals surface area contributed by atoms with Crippen LogP contribution in [0.25, 0.3) is 5.82 Å². The highest BCUT2D eigenvalue weighted by Gasteiger charge is 2.24. The molecule has 9 nitrogen and oxygen atoms in total. The van der Waals surface area contributed by atoms with Crippen LogP contribution in [0.3, 0.4) is 0 Å². The lowest BCUT2D eigenvalue weighted by atomic mass is 10.2. The first-order valence-corrected chi connectivity index (χ1v) is 11.6. The molecule has 1 saturated carbocycles. The number of aryl methyl sites for hydroxylation is 1. The van der Waals surface area contributed by atoms with E-state index in [-0.39, 0.29) is 12.0 Å². The molecule has 0 unspecified atom stereocenters. The normalized spacial score (nSPS) is 16.9. The van der Waals surface area contributed by atoms with Gasteiger partial charge in [0.15, 0.2) is 0 Å². The molecule has 1 saturated heterocycles. The molecule has 0 bridgehead atoms. The highest BCUT2D eigenvalue weighted by Crippen LogP contribution is 2.23. The Morgan fingerprint density at radius 2 is 1.73 bits per heavy atom. The number of hydrogen-bond acceptors (Lipinski definition) is 7. The number of carbonyl (C=O) groups is 1. The number of piperazine rings is 1. The lowest BCUT2D eigenvalue weighted by molar-refractivity contribution is 0.0746. The summed E-state index contributed by atoms with van der Waals surface area (Å²) in [6, 6.07) is 5.60. The van der Waals surface area contributed by atoms with Crippen LogP contribution in [-0.4, -0.2) is 67.6 Å². The van der Waals surface area contributed by atoms with E-state index in [1.54, 1.807) is 18.9 Å². The van der Waals surface area contributed by atoms with Crippen molar-refractivity contribution in [2.75, 3.05) is 31.1 Å². The van der Waals surface area contributed by atoms with Gasteiger partial charge in [-0.05, 0) is 45.6 Å². The number of nitrogens with zero attached hydrogens (tertiary/aromatic N) is 7. The third-order valence-electron chi connectivity index (χ3n) is 6.60. The number of aromatic nitrogens is 5. The SMILES string of the molecule is Cc1ncn(-c2cc(N3CCN(C(=O)c4ccc(OC5CCCC5)nc4)CC3)ncn2)c1C. The van der Waals surface area contributed by atoms with E-state index in [0.29, 0.717) is 37.6 Å². The number of pyridine rings is 1. The Hall–Kier alpha value is -3.49. The summed E-state index contributed by atoms with van der Waals surface area (Å²) in [5.41, 5.74) is 2.63. The molecule has 2 aliphatic rings. The molecule has 3 aromatic rings. The number of carbonyl (C=O) groups excluding carboxylic acids is 1. The average Bonchev–Trinajstić information content (AvgIpc) is 3.49. The lowest BCUT2D eigenvalue weighted by Gasteiger charge is -2.35. The summed E-state index contributed by atoms with van der Waals surface area (Å²) in [4.78, 5) is 34.6. The quantitative estimate of drug-likeness (QED) is 0.594. The van der Waals surface area contributed by atoms with E-state index in [0.717, 1.165) is 35.9 Å². The summed E-state index contributed by atoms with van der Waals surface area (Å²) in [5, 5.41) is 0. The van der Waals surface area contributed by atoms with Crippen LogP contribution in [0, 0.1) is 13.8 Å². The van der Waals surface area contributed by atoms with E-state index in [1.165, 1.54) is 12.8 Å². The van der Waals surface area contributed by atoms with Crippen molar-refractivity contribution in [3.05, 3.63) is 54.0 Å². The molecule has 1 amide bonds. The largest absolute Gasteiger partial charge is 0.474 e. The Kier molecular flexibility index (Phi) is 5.93. The van der Waals surface area contributed by atoms with Gasteiger partial charge in [-0.1, -0.05) is 0 Å². The molecule has 2 fully saturated rings. The zero-order chi connectivity index (χ0) is 22.8. The van der Waals surface area contributed by atoms with Crippen LogP contribution in [0.15, 0.2) is 37.1 Å². The van der Waals surface area contributed by atoms with Crippen molar-refractivity contribution in [3.63, 3.8) is 0 Å². The molecule has 3 aromatic heterocycles. The van der Waals surface area contributed by atoms with E-state index in [9.17, 15) is 4.79 Å². The Morgan fingerprint density at radius 1 is 0.970 bits per heavy atom. The van der Waals surface area contributed by atoms with Gasteiger partial charge in [-0.3, -0.25) is 9.36 Å². The zero-order valence-corrected chi connectivity index (χ0v) is 19.1. The molecule has 1 aliphatic carbocycles. The van der Waals surface area contributed by atoms with Gasteiger partial charge in [0.05, 0.1) is 11.3 Å². The average molecular weight is 448 g/mol. The predicted octanol–water partition coefficient (Wildman–Crippen LogP) is 2.96. The number of hydrogen-bond donors (Lipinski definition) is 0. The molecule has 0 spiro atoms. The molecule has 0 atom stereocenters. The molecular weight excluding hydrogens is 418 g/mol. The van der Waals surface area contributed by atoms with Crippen molar-refractivity contribution in [1.82, 2.24) is 29.4 Å². The number of rotatable bonds is 5. The highest BCUT2D eigenvalue weighted by atomic mass is 16.5. The summed E-state index contributed by atoms with van der Waals surface area (Å²) in [6.45, 7) is 6.68. The molecular formula is C24H29N7O2.